The number of morpholine rings is 1. The molecule has 0 atom stereocenters. The first-order valence-corrected chi connectivity index (χ1v) is 13.1. The molecule has 12 heteroatoms. The third-order valence-corrected chi connectivity index (χ3v) is 7.57. The fourth-order valence-corrected chi connectivity index (χ4v) is 5.45. The summed E-state index contributed by atoms with van der Waals surface area (Å²) < 4.78 is 31.3. The summed E-state index contributed by atoms with van der Waals surface area (Å²) in [6.45, 7) is 1.31. The van der Waals surface area contributed by atoms with E-state index < -0.39 is 17.0 Å². The molecule has 2 saturated heterocycles. The number of amides is 3. The second kappa shape index (κ2) is 11.8. The number of hydrogen-bond acceptors (Lipinski definition) is 7. The van der Waals surface area contributed by atoms with Crippen molar-refractivity contribution in [2.45, 2.75) is 6.61 Å². The smallest absolute Gasteiger partial charge is 0.294 e. The molecule has 36 heavy (non-hydrogen) atoms. The average molecular weight is 647 g/mol. The number of carbonyl (C=O) groups is 3. The second-order valence-electron chi connectivity index (χ2n) is 7.78. The van der Waals surface area contributed by atoms with Crippen molar-refractivity contribution in [3.05, 3.63) is 60.8 Å². The van der Waals surface area contributed by atoms with Crippen molar-refractivity contribution in [1.82, 2.24) is 9.80 Å². The average Bonchev–Trinajstić information content (AvgIpc) is 3.12. The number of carbonyl (C=O) groups excluding carboxylic acids is 3. The first-order chi connectivity index (χ1) is 17.3. The molecule has 0 bridgehead atoms. The summed E-state index contributed by atoms with van der Waals surface area (Å²) in [5.41, 5.74) is 0.818. The van der Waals surface area contributed by atoms with Crippen LogP contribution >= 0.6 is 46.0 Å². The summed E-state index contributed by atoms with van der Waals surface area (Å²) in [6.07, 6.45) is 1.56. The lowest BCUT2D eigenvalue weighted by molar-refractivity contribution is -0.139. The molecule has 190 valence electrons. The molecular weight excluding hydrogens is 626 g/mol. The molecule has 3 amide bonds. The van der Waals surface area contributed by atoms with E-state index in [0.717, 1.165) is 16.7 Å². The van der Waals surface area contributed by atoms with E-state index >= 15 is 0 Å². The quantitative estimate of drug-likeness (QED) is 0.322. The van der Waals surface area contributed by atoms with Gasteiger partial charge in [-0.1, -0.05) is 17.7 Å². The summed E-state index contributed by atoms with van der Waals surface area (Å²) in [5.74, 6) is -0.554. The van der Waals surface area contributed by atoms with Crippen LogP contribution in [0.1, 0.15) is 11.1 Å². The monoisotopic (exact) mass is 646 g/mol. The summed E-state index contributed by atoms with van der Waals surface area (Å²) in [7, 11) is 1.46. The Kier molecular flexibility index (Phi) is 8.75. The number of benzene rings is 2. The molecule has 2 aliphatic rings. The van der Waals surface area contributed by atoms with Gasteiger partial charge in [0.2, 0.25) is 5.91 Å². The minimum absolute atomic E-state index is 0.104. The highest BCUT2D eigenvalue weighted by Gasteiger charge is 2.37. The van der Waals surface area contributed by atoms with Crippen molar-refractivity contribution in [1.29, 1.82) is 0 Å². The van der Waals surface area contributed by atoms with Gasteiger partial charge in [-0.05, 0) is 70.3 Å². The molecule has 0 aliphatic carbocycles. The van der Waals surface area contributed by atoms with E-state index in [1.165, 1.54) is 19.2 Å². The molecule has 0 saturated carbocycles. The van der Waals surface area contributed by atoms with Crippen LogP contribution in [0.3, 0.4) is 0 Å². The Hall–Kier alpha value is -2.35. The van der Waals surface area contributed by atoms with Crippen molar-refractivity contribution in [2.24, 2.45) is 0 Å². The molecular formula is C24H21ClFIN2O6S. The first-order valence-electron chi connectivity index (χ1n) is 10.8. The van der Waals surface area contributed by atoms with Crippen LogP contribution in [0.15, 0.2) is 35.2 Å². The number of thioether (sulfide) groups is 1. The topological polar surface area (TPSA) is 85.4 Å². The van der Waals surface area contributed by atoms with Crippen molar-refractivity contribution in [3.8, 4) is 11.5 Å². The predicted molar refractivity (Wildman–Crippen MR) is 142 cm³/mol. The predicted octanol–water partition coefficient (Wildman–Crippen LogP) is 4.57. The molecule has 8 nitrogen and oxygen atoms in total. The van der Waals surface area contributed by atoms with Crippen LogP contribution in [0.4, 0.5) is 9.18 Å². The number of ether oxygens (including phenoxy) is 3. The van der Waals surface area contributed by atoms with E-state index in [4.69, 9.17) is 25.8 Å². The Labute approximate surface area is 229 Å². The third-order valence-electron chi connectivity index (χ3n) is 5.50. The van der Waals surface area contributed by atoms with Crippen LogP contribution in [0, 0.1) is 9.39 Å². The van der Waals surface area contributed by atoms with Gasteiger partial charge in [-0.3, -0.25) is 19.3 Å². The van der Waals surface area contributed by atoms with E-state index in [1.807, 2.05) is 22.6 Å². The Morgan fingerprint density at radius 2 is 2.03 bits per heavy atom. The molecule has 2 aromatic carbocycles. The Balaban J connectivity index is 1.50. The lowest BCUT2D eigenvalue weighted by Gasteiger charge is -2.28. The second-order valence-corrected chi connectivity index (χ2v) is 10.3. The molecule has 0 spiro atoms. The van der Waals surface area contributed by atoms with Gasteiger partial charge in [0, 0.05) is 18.7 Å². The van der Waals surface area contributed by atoms with E-state index in [9.17, 15) is 18.8 Å². The van der Waals surface area contributed by atoms with E-state index in [1.54, 1.807) is 29.2 Å². The molecule has 0 aromatic heterocycles. The lowest BCUT2D eigenvalue weighted by atomic mass is 10.1. The van der Waals surface area contributed by atoms with Gasteiger partial charge in [-0.2, -0.15) is 0 Å². The van der Waals surface area contributed by atoms with Crippen molar-refractivity contribution in [2.75, 3.05) is 40.0 Å². The summed E-state index contributed by atoms with van der Waals surface area (Å²) in [4.78, 5) is 40.6. The molecule has 2 heterocycles. The molecule has 0 radical (unpaired) electrons. The third kappa shape index (κ3) is 5.96. The SMILES string of the molecule is COc1cc(/C=C2\SC(=O)N(CC(=O)N3CCOCC3)C2=O)cc(I)c1OCc1c(F)cccc1Cl. The summed E-state index contributed by atoms with van der Waals surface area (Å²) in [6, 6.07) is 7.79. The minimum Gasteiger partial charge on any atom is -0.493 e. The van der Waals surface area contributed by atoms with Gasteiger partial charge >= 0.3 is 0 Å². The van der Waals surface area contributed by atoms with Gasteiger partial charge in [-0.15, -0.1) is 0 Å². The highest BCUT2D eigenvalue weighted by molar-refractivity contribution is 14.1. The Bertz CT molecular complexity index is 1220. The number of halogens is 3. The van der Waals surface area contributed by atoms with Crippen LogP contribution in [-0.4, -0.2) is 66.8 Å². The molecule has 2 aromatic rings. The zero-order valence-corrected chi connectivity index (χ0v) is 22.8. The number of nitrogens with zero attached hydrogens (tertiary/aromatic N) is 2. The first kappa shape index (κ1) is 26.7. The van der Waals surface area contributed by atoms with E-state index in [-0.39, 0.29) is 34.6 Å². The van der Waals surface area contributed by atoms with Gasteiger partial charge in [0.1, 0.15) is 19.0 Å². The number of hydrogen-bond donors (Lipinski definition) is 0. The number of imide groups is 1. The van der Waals surface area contributed by atoms with Gasteiger partial charge in [0.15, 0.2) is 11.5 Å². The summed E-state index contributed by atoms with van der Waals surface area (Å²) in [5, 5.41) is -0.250. The molecule has 4 rings (SSSR count). The van der Waals surface area contributed by atoms with E-state index in [2.05, 4.69) is 0 Å². The van der Waals surface area contributed by atoms with Crippen molar-refractivity contribution < 1.29 is 33.0 Å². The molecule has 2 fully saturated rings. The zero-order valence-electron chi connectivity index (χ0n) is 19.1. The number of methoxy groups -OCH3 is 1. The van der Waals surface area contributed by atoms with Crippen LogP contribution < -0.4 is 9.47 Å². The normalized spacial score (nSPS) is 17.2. The van der Waals surface area contributed by atoms with Crippen LogP contribution in [0.25, 0.3) is 6.08 Å². The lowest BCUT2D eigenvalue weighted by Crippen LogP contribution is -2.46. The Morgan fingerprint density at radius 3 is 2.72 bits per heavy atom. The fourth-order valence-electron chi connectivity index (χ4n) is 3.61. The highest BCUT2D eigenvalue weighted by atomic mass is 127. The maximum absolute atomic E-state index is 14.1. The molecule has 0 N–H and O–H groups in total. The van der Waals surface area contributed by atoms with Gasteiger partial charge in [0.25, 0.3) is 11.1 Å². The summed E-state index contributed by atoms with van der Waals surface area (Å²) >= 11 is 8.90. The standard InChI is InChI=1S/C24H21ClFIN2O6S/c1-33-19-10-14(9-18(27)22(19)35-13-15-16(25)3-2-4-17(15)26)11-20-23(31)29(24(32)36-20)12-21(30)28-5-7-34-8-6-28/h2-4,9-11H,5-8,12-13H2,1H3/b20-11-. The minimum atomic E-state index is -0.532. The maximum Gasteiger partial charge on any atom is 0.294 e. The van der Waals surface area contributed by atoms with Crippen molar-refractivity contribution >= 4 is 69.1 Å². The zero-order chi connectivity index (χ0) is 25.8. The van der Waals surface area contributed by atoms with Gasteiger partial charge < -0.3 is 19.1 Å². The van der Waals surface area contributed by atoms with Gasteiger partial charge in [-0.25, -0.2) is 4.39 Å². The molecule has 0 unspecified atom stereocenters. The van der Waals surface area contributed by atoms with Gasteiger partial charge in [0.05, 0.1) is 33.8 Å². The molecule has 2 aliphatic heterocycles. The van der Waals surface area contributed by atoms with E-state index in [0.29, 0.717) is 46.9 Å². The number of rotatable bonds is 7. The Morgan fingerprint density at radius 1 is 1.28 bits per heavy atom. The van der Waals surface area contributed by atoms with Crippen molar-refractivity contribution in [3.63, 3.8) is 0 Å². The van der Waals surface area contributed by atoms with Crippen LogP contribution in [-0.2, 0) is 20.9 Å². The van der Waals surface area contributed by atoms with Crippen LogP contribution in [0.5, 0.6) is 11.5 Å². The maximum atomic E-state index is 14.1. The van der Waals surface area contributed by atoms with Crippen LogP contribution in [0.2, 0.25) is 5.02 Å². The highest BCUT2D eigenvalue weighted by Crippen LogP contribution is 2.38. The fraction of sp³-hybridized carbons (Fsp3) is 0.292. The largest absolute Gasteiger partial charge is 0.493 e.